The van der Waals surface area contributed by atoms with Crippen molar-refractivity contribution in [2.75, 3.05) is 38.5 Å². The van der Waals surface area contributed by atoms with Crippen LogP contribution in [0.5, 0.6) is 0 Å². The zero-order valence-electron chi connectivity index (χ0n) is 16.9. The van der Waals surface area contributed by atoms with Crippen LogP contribution in [0, 0.1) is 5.82 Å². The Kier molecular flexibility index (Phi) is 6.31. The number of hydrogen-bond donors (Lipinski definition) is 0. The van der Waals surface area contributed by atoms with Crippen LogP contribution in [0.25, 0.3) is 17.0 Å². The molecule has 0 N–H and O–H groups in total. The van der Waals surface area contributed by atoms with E-state index in [2.05, 4.69) is 15.3 Å². The highest BCUT2D eigenvalue weighted by molar-refractivity contribution is 7.99. The van der Waals surface area contributed by atoms with Crippen molar-refractivity contribution in [2.45, 2.75) is 11.9 Å². The van der Waals surface area contributed by atoms with Gasteiger partial charge in [0.05, 0.1) is 12.4 Å². The van der Waals surface area contributed by atoms with Crippen molar-refractivity contribution < 1.29 is 18.7 Å². The number of halogens is 1. The lowest BCUT2D eigenvalue weighted by molar-refractivity contribution is -0.129. The van der Waals surface area contributed by atoms with E-state index in [1.54, 1.807) is 45.5 Å². The molecular formula is C20H21FN6O3S. The van der Waals surface area contributed by atoms with E-state index in [9.17, 15) is 14.0 Å². The third-order valence-corrected chi connectivity index (χ3v) is 5.73. The van der Waals surface area contributed by atoms with Crippen molar-refractivity contribution >= 4 is 29.4 Å². The van der Waals surface area contributed by atoms with Gasteiger partial charge in [-0.2, -0.15) is 9.61 Å². The van der Waals surface area contributed by atoms with Crippen molar-refractivity contribution in [1.82, 2.24) is 29.6 Å². The molecule has 1 aliphatic heterocycles. The van der Waals surface area contributed by atoms with Gasteiger partial charge in [0.2, 0.25) is 5.91 Å². The number of thioether (sulfide) groups is 1. The molecule has 1 fully saturated rings. The SMILES string of the molecule is CCOC(=O)N1CCN(C(=O)CSc2ccc3nnc(-c4cccc(F)c4)n3n2)CC1. The number of rotatable bonds is 5. The molecule has 162 valence electrons. The van der Waals surface area contributed by atoms with Gasteiger partial charge < -0.3 is 14.5 Å². The summed E-state index contributed by atoms with van der Waals surface area (Å²) < 4.78 is 20.1. The Morgan fingerprint density at radius 1 is 1.10 bits per heavy atom. The number of carbonyl (C=O) groups excluding carboxylic acids is 2. The molecule has 31 heavy (non-hydrogen) atoms. The lowest BCUT2D eigenvalue weighted by atomic mass is 10.2. The number of nitrogens with zero attached hydrogens (tertiary/aromatic N) is 6. The van der Waals surface area contributed by atoms with Gasteiger partial charge in [-0.3, -0.25) is 4.79 Å². The minimum absolute atomic E-state index is 0.0236. The van der Waals surface area contributed by atoms with E-state index < -0.39 is 0 Å². The van der Waals surface area contributed by atoms with Crippen LogP contribution in [0.15, 0.2) is 41.4 Å². The van der Waals surface area contributed by atoms with Gasteiger partial charge >= 0.3 is 6.09 Å². The van der Waals surface area contributed by atoms with Crippen LogP contribution in [-0.4, -0.2) is 80.2 Å². The number of carbonyl (C=O) groups is 2. The van der Waals surface area contributed by atoms with E-state index >= 15 is 0 Å². The average molecular weight is 444 g/mol. The number of amides is 2. The van der Waals surface area contributed by atoms with Crippen molar-refractivity contribution in [3.63, 3.8) is 0 Å². The molecule has 0 aliphatic carbocycles. The zero-order valence-corrected chi connectivity index (χ0v) is 17.7. The first-order valence-corrected chi connectivity index (χ1v) is 10.8. The lowest BCUT2D eigenvalue weighted by Crippen LogP contribution is -2.51. The molecule has 0 unspecified atom stereocenters. The summed E-state index contributed by atoms with van der Waals surface area (Å²) in [6, 6.07) is 9.60. The fraction of sp³-hybridized carbons (Fsp3) is 0.350. The lowest BCUT2D eigenvalue weighted by Gasteiger charge is -2.34. The van der Waals surface area contributed by atoms with Crippen molar-refractivity contribution in [2.24, 2.45) is 0 Å². The smallest absolute Gasteiger partial charge is 0.409 e. The normalized spacial score (nSPS) is 14.1. The van der Waals surface area contributed by atoms with Gasteiger partial charge in [0.25, 0.3) is 0 Å². The fourth-order valence-corrected chi connectivity index (χ4v) is 3.99. The second-order valence-electron chi connectivity index (χ2n) is 6.83. The summed E-state index contributed by atoms with van der Waals surface area (Å²) in [6.07, 6.45) is -0.343. The molecule has 9 nitrogen and oxygen atoms in total. The van der Waals surface area contributed by atoms with Crippen molar-refractivity contribution in [3.05, 3.63) is 42.2 Å². The van der Waals surface area contributed by atoms with E-state index in [-0.39, 0.29) is 23.6 Å². The molecule has 2 amide bonds. The predicted molar refractivity (Wildman–Crippen MR) is 112 cm³/mol. The van der Waals surface area contributed by atoms with Gasteiger partial charge in [0, 0.05) is 31.7 Å². The van der Waals surface area contributed by atoms with E-state index in [0.29, 0.717) is 54.8 Å². The Bertz CT molecular complexity index is 1100. The number of benzene rings is 1. The van der Waals surface area contributed by atoms with Crippen molar-refractivity contribution in [1.29, 1.82) is 0 Å². The molecule has 1 aliphatic rings. The standard InChI is InChI=1S/C20H21FN6O3S/c1-2-30-20(29)26-10-8-25(9-11-26)18(28)13-31-17-7-6-16-22-23-19(27(16)24-17)14-4-3-5-15(21)12-14/h3-7,12H,2,8-11,13H2,1H3. The summed E-state index contributed by atoms with van der Waals surface area (Å²) in [7, 11) is 0. The number of aromatic nitrogens is 4. The van der Waals surface area contributed by atoms with Crippen LogP contribution in [0.3, 0.4) is 0 Å². The minimum atomic E-state index is -0.367. The molecule has 0 spiro atoms. The number of hydrogen-bond acceptors (Lipinski definition) is 7. The topological polar surface area (TPSA) is 92.9 Å². The van der Waals surface area contributed by atoms with Gasteiger partial charge in [-0.15, -0.1) is 10.2 Å². The second kappa shape index (κ2) is 9.29. The van der Waals surface area contributed by atoms with Gasteiger partial charge in [0.15, 0.2) is 11.5 Å². The molecular weight excluding hydrogens is 423 g/mol. The largest absolute Gasteiger partial charge is 0.450 e. The highest BCUT2D eigenvalue weighted by atomic mass is 32.2. The molecule has 0 saturated carbocycles. The van der Waals surface area contributed by atoms with E-state index in [1.165, 1.54) is 23.9 Å². The molecule has 0 atom stereocenters. The molecule has 0 bridgehead atoms. The van der Waals surface area contributed by atoms with Crippen LogP contribution in [0.4, 0.5) is 9.18 Å². The van der Waals surface area contributed by atoms with E-state index in [0.717, 1.165) is 0 Å². The quantitative estimate of drug-likeness (QED) is 0.558. The van der Waals surface area contributed by atoms with Crippen LogP contribution in [0.2, 0.25) is 0 Å². The molecule has 0 radical (unpaired) electrons. The van der Waals surface area contributed by atoms with Gasteiger partial charge in [-0.1, -0.05) is 23.9 Å². The fourth-order valence-electron chi connectivity index (χ4n) is 3.24. The summed E-state index contributed by atoms with van der Waals surface area (Å²) in [5.74, 6) is 0.256. The molecule has 2 aromatic heterocycles. The average Bonchev–Trinajstić information content (AvgIpc) is 3.21. The summed E-state index contributed by atoms with van der Waals surface area (Å²) in [5.41, 5.74) is 1.10. The summed E-state index contributed by atoms with van der Waals surface area (Å²) in [4.78, 5) is 27.7. The Morgan fingerprint density at radius 2 is 1.87 bits per heavy atom. The van der Waals surface area contributed by atoms with Crippen molar-refractivity contribution in [3.8, 4) is 11.4 Å². The van der Waals surface area contributed by atoms with Gasteiger partial charge in [0.1, 0.15) is 10.8 Å². The third kappa shape index (κ3) is 4.76. The van der Waals surface area contributed by atoms with Crippen LogP contribution >= 0.6 is 11.8 Å². The Labute approximate surface area is 182 Å². The van der Waals surface area contributed by atoms with Gasteiger partial charge in [-0.25, -0.2) is 9.18 Å². The molecule has 1 aromatic carbocycles. The highest BCUT2D eigenvalue weighted by Crippen LogP contribution is 2.21. The maximum Gasteiger partial charge on any atom is 0.409 e. The van der Waals surface area contributed by atoms with Crippen LogP contribution in [0.1, 0.15) is 6.92 Å². The molecule has 11 heteroatoms. The highest BCUT2D eigenvalue weighted by Gasteiger charge is 2.24. The van der Waals surface area contributed by atoms with Crippen LogP contribution in [-0.2, 0) is 9.53 Å². The zero-order chi connectivity index (χ0) is 21.8. The maximum atomic E-state index is 13.6. The van der Waals surface area contributed by atoms with E-state index in [1.807, 2.05) is 0 Å². The van der Waals surface area contributed by atoms with Crippen LogP contribution < -0.4 is 0 Å². The summed E-state index contributed by atoms with van der Waals surface area (Å²) in [6.45, 7) is 3.95. The predicted octanol–water partition coefficient (Wildman–Crippen LogP) is 2.32. The summed E-state index contributed by atoms with van der Waals surface area (Å²) in [5, 5.41) is 13.3. The monoisotopic (exact) mass is 444 g/mol. The van der Waals surface area contributed by atoms with E-state index in [4.69, 9.17) is 4.74 Å². The number of ether oxygens (including phenoxy) is 1. The Balaban J connectivity index is 1.39. The third-order valence-electron chi connectivity index (χ3n) is 4.82. The molecule has 1 saturated heterocycles. The Hall–Kier alpha value is -3.21. The minimum Gasteiger partial charge on any atom is -0.450 e. The molecule has 3 aromatic rings. The van der Waals surface area contributed by atoms with Gasteiger partial charge in [-0.05, 0) is 31.2 Å². The number of fused-ring (bicyclic) bond motifs is 1. The number of piperazine rings is 1. The summed E-state index contributed by atoms with van der Waals surface area (Å²) >= 11 is 1.30. The second-order valence-corrected chi connectivity index (χ2v) is 7.83. The first kappa shape index (κ1) is 21.0. The Morgan fingerprint density at radius 3 is 2.61 bits per heavy atom. The first-order valence-electron chi connectivity index (χ1n) is 9.86. The first-order chi connectivity index (χ1) is 15.0. The molecule has 3 heterocycles. The maximum absolute atomic E-state index is 13.6. The molecule has 4 rings (SSSR count).